The second-order valence-corrected chi connectivity index (χ2v) is 8.02. The normalized spacial score (nSPS) is 18.7. The number of imidazole rings is 1. The molecular weight excluding hydrogens is 388 g/mol. The van der Waals surface area contributed by atoms with E-state index in [1.165, 1.54) is 5.56 Å². The van der Waals surface area contributed by atoms with E-state index in [1.54, 1.807) is 12.4 Å². The first-order valence-corrected chi connectivity index (χ1v) is 10.7. The topological polar surface area (TPSA) is 106 Å². The molecule has 0 spiro atoms. The van der Waals surface area contributed by atoms with Gasteiger partial charge in [-0.2, -0.15) is 0 Å². The van der Waals surface area contributed by atoms with Gasteiger partial charge in [0.15, 0.2) is 5.65 Å². The van der Waals surface area contributed by atoms with Crippen LogP contribution in [0, 0.1) is 0 Å². The summed E-state index contributed by atoms with van der Waals surface area (Å²) >= 11 is 0. The molecule has 3 heterocycles. The van der Waals surface area contributed by atoms with E-state index >= 15 is 0 Å². The van der Waals surface area contributed by atoms with Gasteiger partial charge in [0.25, 0.3) is 0 Å². The Morgan fingerprint density at radius 3 is 2.45 bits per heavy atom. The second kappa shape index (κ2) is 8.69. The highest BCUT2D eigenvalue weighted by Gasteiger charge is 2.19. The van der Waals surface area contributed by atoms with Crippen molar-refractivity contribution in [3.05, 3.63) is 66.6 Å². The molecule has 0 radical (unpaired) electrons. The van der Waals surface area contributed by atoms with Gasteiger partial charge in [-0.25, -0.2) is 19.5 Å². The zero-order valence-corrected chi connectivity index (χ0v) is 17.3. The lowest BCUT2D eigenvalue weighted by molar-refractivity contribution is 0.410. The summed E-state index contributed by atoms with van der Waals surface area (Å²) in [6.45, 7) is 0.679. The van der Waals surface area contributed by atoms with Gasteiger partial charge in [-0.1, -0.05) is 30.3 Å². The molecule has 4 N–H and O–H groups in total. The molecule has 0 aliphatic heterocycles. The van der Waals surface area contributed by atoms with E-state index in [-0.39, 0.29) is 0 Å². The molecule has 31 heavy (non-hydrogen) atoms. The van der Waals surface area contributed by atoms with Gasteiger partial charge >= 0.3 is 0 Å². The van der Waals surface area contributed by atoms with Crippen molar-refractivity contribution >= 4 is 17.4 Å². The Labute approximate surface area is 180 Å². The first kappa shape index (κ1) is 19.4. The number of aromatic nitrogens is 5. The van der Waals surface area contributed by atoms with Crippen LogP contribution in [0.5, 0.6) is 0 Å². The fourth-order valence-electron chi connectivity index (χ4n) is 3.95. The quantitative estimate of drug-likeness (QED) is 0.443. The largest absolute Gasteiger partial charge is 0.366 e. The van der Waals surface area contributed by atoms with Crippen LogP contribution < -0.4 is 16.4 Å². The third-order valence-electron chi connectivity index (χ3n) is 5.73. The highest BCUT2D eigenvalue weighted by molar-refractivity contribution is 5.62. The first-order valence-electron chi connectivity index (χ1n) is 10.7. The maximum atomic E-state index is 6.02. The number of hydrogen-bond donors (Lipinski definition) is 3. The maximum absolute atomic E-state index is 6.02. The molecule has 0 atom stereocenters. The molecule has 4 aromatic rings. The molecular formula is C23H26N8. The number of fused-ring (bicyclic) bond motifs is 1. The summed E-state index contributed by atoms with van der Waals surface area (Å²) in [4.78, 5) is 13.4. The number of benzene rings is 1. The Hall–Kier alpha value is -3.52. The molecule has 1 aliphatic rings. The minimum Gasteiger partial charge on any atom is -0.366 e. The molecule has 8 heteroatoms. The average molecular weight is 415 g/mol. The monoisotopic (exact) mass is 414 g/mol. The number of hydrogen-bond acceptors (Lipinski definition) is 7. The average Bonchev–Trinajstić information content (AvgIpc) is 3.24. The van der Waals surface area contributed by atoms with Crippen molar-refractivity contribution in [1.82, 2.24) is 24.6 Å². The lowest BCUT2D eigenvalue weighted by atomic mass is 9.92. The smallest absolute Gasteiger partial charge is 0.222 e. The van der Waals surface area contributed by atoms with E-state index < -0.39 is 0 Å². The Morgan fingerprint density at radius 2 is 1.68 bits per heavy atom. The van der Waals surface area contributed by atoms with Crippen molar-refractivity contribution in [3.8, 4) is 11.3 Å². The van der Waals surface area contributed by atoms with Crippen LogP contribution in [0.4, 0.5) is 11.8 Å². The Balaban J connectivity index is 1.31. The van der Waals surface area contributed by atoms with Gasteiger partial charge < -0.3 is 16.4 Å². The lowest BCUT2D eigenvalue weighted by Gasteiger charge is -2.27. The van der Waals surface area contributed by atoms with Gasteiger partial charge in [0, 0.05) is 36.6 Å². The van der Waals surface area contributed by atoms with Crippen LogP contribution in [0.1, 0.15) is 31.2 Å². The molecule has 0 unspecified atom stereocenters. The highest BCUT2D eigenvalue weighted by Crippen LogP contribution is 2.23. The summed E-state index contributed by atoms with van der Waals surface area (Å²) in [5.41, 5.74) is 9.72. The van der Waals surface area contributed by atoms with Gasteiger partial charge in [0.1, 0.15) is 5.82 Å². The molecule has 0 bridgehead atoms. The van der Waals surface area contributed by atoms with Crippen LogP contribution in [0.2, 0.25) is 0 Å². The van der Waals surface area contributed by atoms with Gasteiger partial charge in [0.2, 0.25) is 5.95 Å². The highest BCUT2D eigenvalue weighted by atomic mass is 15.3. The van der Waals surface area contributed by atoms with Crippen molar-refractivity contribution in [2.24, 2.45) is 5.73 Å². The number of nitrogens with one attached hydrogen (secondary N) is 2. The zero-order valence-electron chi connectivity index (χ0n) is 17.3. The van der Waals surface area contributed by atoms with Crippen molar-refractivity contribution < 1.29 is 0 Å². The molecule has 158 valence electrons. The predicted octanol–water partition coefficient (Wildman–Crippen LogP) is 3.48. The minimum atomic E-state index is 0.332. The Bertz CT molecular complexity index is 1130. The summed E-state index contributed by atoms with van der Waals surface area (Å²) in [6.07, 6.45) is 9.66. The molecule has 1 fully saturated rings. The third kappa shape index (κ3) is 4.49. The van der Waals surface area contributed by atoms with Crippen LogP contribution in [0.15, 0.2) is 61.1 Å². The van der Waals surface area contributed by atoms with Crippen molar-refractivity contribution in [2.45, 2.75) is 44.3 Å². The van der Waals surface area contributed by atoms with Gasteiger partial charge in [-0.05, 0) is 43.4 Å². The predicted molar refractivity (Wildman–Crippen MR) is 122 cm³/mol. The van der Waals surface area contributed by atoms with Crippen LogP contribution in [0.25, 0.3) is 16.9 Å². The fraction of sp³-hybridized carbons (Fsp3) is 0.304. The summed E-state index contributed by atoms with van der Waals surface area (Å²) in [5.74, 6) is 1.43. The first-order chi connectivity index (χ1) is 15.2. The zero-order chi connectivity index (χ0) is 21.0. The third-order valence-corrected chi connectivity index (χ3v) is 5.73. The van der Waals surface area contributed by atoms with E-state index in [2.05, 4.69) is 37.7 Å². The Kier molecular flexibility index (Phi) is 5.45. The van der Waals surface area contributed by atoms with Crippen LogP contribution in [-0.2, 0) is 6.54 Å². The fourth-order valence-corrected chi connectivity index (χ4v) is 3.95. The summed E-state index contributed by atoms with van der Waals surface area (Å²) in [7, 11) is 0. The van der Waals surface area contributed by atoms with Crippen molar-refractivity contribution in [2.75, 3.05) is 10.6 Å². The van der Waals surface area contributed by atoms with Crippen molar-refractivity contribution in [3.63, 3.8) is 0 Å². The molecule has 5 rings (SSSR count). The molecule has 3 aromatic heterocycles. The van der Waals surface area contributed by atoms with Gasteiger partial charge in [-0.3, -0.25) is 0 Å². The van der Waals surface area contributed by atoms with Crippen LogP contribution in [0.3, 0.4) is 0 Å². The number of nitrogens with two attached hydrogens (primary N) is 1. The summed E-state index contributed by atoms with van der Waals surface area (Å²) in [5, 5.41) is 11.6. The van der Waals surface area contributed by atoms with Crippen molar-refractivity contribution in [1.29, 1.82) is 0 Å². The van der Waals surface area contributed by atoms with Crippen LogP contribution >= 0.6 is 0 Å². The lowest BCUT2D eigenvalue weighted by Crippen LogP contribution is -2.33. The SMILES string of the molecule is N[C@H]1CC[C@H](Nc2ccc3ncc(-c4cnc(NCc5ccccc5)nc4)n3n2)CC1. The second-order valence-electron chi connectivity index (χ2n) is 8.02. The van der Waals surface area contributed by atoms with E-state index in [0.29, 0.717) is 24.6 Å². The Morgan fingerprint density at radius 1 is 0.903 bits per heavy atom. The standard InChI is InChI=1S/C23H26N8/c24-18-6-8-19(9-7-18)29-21-10-11-22-25-15-20(31(22)30-21)17-13-27-23(28-14-17)26-12-16-4-2-1-3-5-16/h1-5,10-11,13-15,18-19H,6-9,12,24H2,(H,29,30)(H,26,27,28)/t18-,19-. The maximum Gasteiger partial charge on any atom is 0.222 e. The molecule has 0 amide bonds. The van der Waals surface area contributed by atoms with E-state index in [0.717, 1.165) is 48.4 Å². The minimum absolute atomic E-state index is 0.332. The summed E-state index contributed by atoms with van der Waals surface area (Å²) in [6, 6.07) is 14.9. The molecule has 1 aromatic carbocycles. The van der Waals surface area contributed by atoms with Gasteiger partial charge in [0.05, 0.1) is 11.9 Å². The van der Waals surface area contributed by atoms with E-state index in [4.69, 9.17) is 10.8 Å². The molecule has 1 saturated carbocycles. The number of nitrogens with zero attached hydrogens (tertiary/aromatic N) is 5. The molecule has 8 nitrogen and oxygen atoms in total. The van der Waals surface area contributed by atoms with Crippen LogP contribution in [-0.4, -0.2) is 36.6 Å². The molecule has 0 saturated heterocycles. The number of rotatable bonds is 6. The van der Waals surface area contributed by atoms with E-state index in [1.807, 2.05) is 41.0 Å². The van der Waals surface area contributed by atoms with E-state index in [9.17, 15) is 0 Å². The summed E-state index contributed by atoms with van der Waals surface area (Å²) < 4.78 is 1.84. The van der Waals surface area contributed by atoms with Gasteiger partial charge in [-0.15, -0.1) is 5.10 Å². The number of anilines is 2. The molecule has 1 aliphatic carbocycles.